The van der Waals surface area contributed by atoms with E-state index in [-0.39, 0.29) is 65.7 Å². The van der Waals surface area contributed by atoms with E-state index in [2.05, 4.69) is 31.0 Å². The molecule has 5 aliphatic carbocycles. The number of likely N-dealkylation sites (tertiary alicyclic amines) is 1. The molecule has 8 nitrogen and oxygen atoms in total. The predicted molar refractivity (Wildman–Crippen MR) is 120 cm³/mol. The molecule has 4 saturated carbocycles. The summed E-state index contributed by atoms with van der Waals surface area (Å²) in [5.74, 6) is 0.470. The Balaban J connectivity index is 1.58. The summed E-state index contributed by atoms with van der Waals surface area (Å²) >= 11 is 0. The van der Waals surface area contributed by atoms with E-state index in [4.69, 9.17) is 28.4 Å². The monoisotopic (exact) mass is 475 g/mol. The molecule has 7 aliphatic rings. The zero-order valence-corrected chi connectivity index (χ0v) is 21.0. The SMILES string of the molecule is CO[C@H]1[C@@H]2C[C@@H]3[C@H]1[C@@]1(C[C@@H]2OC)OCO[C@@]12[C@@H](OC(C)=O)[C@H]1[C@@]34[C@@H](OC)C=C[C@@]1(C)CN(C)[C@@H]42. The maximum absolute atomic E-state index is 12.7. The number of carbonyl (C=O) groups is 1. The molecule has 188 valence electrons. The molecule has 0 radical (unpaired) electrons. The molecule has 2 aliphatic heterocycles. The first kappa shape index (κ1) is 22.2. The van der Waals surface area contributed by atoms with Gasteiger partial charge in [-0.05, 0) is 19.4 Å². The maximum Gasteiger partial charge on any atom is 0.303 e. The second kappa shape index (κ2) is 6.64. The van der Waals surface area contributed by atoms with E-state index in [9.17, 15) is 4.79 Å². The van der Waals surface area contributed by atoms with Crippen LogP contribution in [0.1, 0.15) is 26.7 Å². The van der Waals surface area contributed by atoms with Gasteiger partial charge < -0.3 is 28.4 Å². The first-order valence-corrected chi connectivity index (χ1v) is 12.7. The van der Waals surface area contributed by atoms with Crippen molar-refractivity contribution in [1.29, 1.82) is 0 Å². The summed E-state index contributed by atoms with van der Waals surface area (Å²) in [5.41, 5.74) is -1.95. The fourth-order valence-corrected chi connectivity index (χ4v) is 11.2. The smallest absolute Gasteiger partial charge is 0.303 e. The van der Waals surface area contributed by atoms with Gasteiger partial charge in [-0.25, -0.2) is 0 Å². The number of carbonyl (C=O) groups excluding carboxylic acids is 1. The van der Waals surface area contributed by atoms with Gasteiger partial charge in [0.2, 0.25) is 0 Å². The number of hydrogen-bond acceptors (Lipinski definition) is 8. The number of fused-ring (bicyclic) bond motifs is 1. The molecule has 0 unspecified atom stereocenters. The van der Waals surface area contributed by atoms with Crippen LogP contribution >= 0.6 is 0 Å². The van der Waals surface area contributed by atoms with Gasteiger partial charge in [0.05, 0.1) is 24.4 Å². The van der Waals surface area contributed by atoms with Crippen LogP contribution in [-0.4, -0.2) is 94.2 Å². The minimum Gasteiger partial charge on any atom is -0.459 e. The van der Waals surface area contributed by atoms with Crippen molar-refractivity contribution in [3.05, 3.63) is 12.2 Å². The van der Waals surface area contributed by atoms with Crippen molar-refractivity contribution in [2.45, 2.75) is 68.3 Å². The van der Waals surface area contributed by atoms with Crippen LogP contribution in [-0.2, 0) is 33.2 Å². The van der Waals surface area contributed by atoms with E-state index >= 15 is 0 Å². The van der Waals surface area contributed by atoms with Crippen LogP contribution in [0.3, 0.4) is 0 Å². The molecule has 7 bridgehead atoms. The third kappa shape index (κ3) is 2.00. The third-order valence-corrected chi connectivity index (χ3v) is 11.3. The van der Waals surface area contributed by atoms with E-state index in [1.807, 2.05) is 14.2 Å². The molecule has 0 aromatic carbocycles. The molecular weight excluding hydrogens is 438 g/mol. The Kier molecular flexibility index (Phi) is 4.33. The molecule has 3 spiro atoms. The number of rotatable bonds is 4. The van der Waals surface area contributed by atoms with Gasteiger partial charge in [-0.2, -0.15) is 0 Å². The molecule has 13 atom stereocenters. The quantitative estimate of drug-likeness (QED) is 0.449. The normalized spacial score (nSPS) is 60.4. The average Bonchev–Trinajstić information content (AvgIpc) is 3.37. The molecule has 2 saturated heterocycles. The number of esters is 1. The number of nitrogens with zero attached hydrogens (tertiary/aromatic N) is 1. The van der Waals surface area contributed by atoms with Gasteiger partial charge >= 0.3 is 5.97 Å². The molecule has 0 aromatic heterocycles. The standard InChI is InChI=1S/C26H37NO7/c1-13(28)34-21-20-23(2)8-7-17(30-5)25(20)15-9-14-16(29-4)10-24(18(15)19(14)31-6)26(21,33-12-32-24)22(25)27(3)11-23/h7-8,14-22H,9-12H2,1-6H3/t14-,15-,16+,17+,18-,19+,20-,21+,22+,23+,24-,25+,26-/m1/s1. The summed E-state index contributed by atoms with van der Waals surface area (Å²) in [7, 11) is 7.63. The van der Waals surface area contributed by atoms with Gasteiger partial charge in [0.1, 0.15) is 18.5 Å². The fraction of sp³-hybridized carbons (Fsp3) is 0.885. The zero-order valence-electron chi connectivity index (χ0n) is 21.0. The Morgan fingerprint density at radius 2 is 1.94 bits per heavy atom. The van der Waals surface area contributed by atoms with Crippen molar-refractivity contribution >= 4 is 5.97 Å². The highest BCUT2D eigenvalue weighted by Gasteiger charge is 2.93. The van der Waals surface area contributed by atoms with Crippen LogP contribution in [0, 0.1) is 34.5 Å². The van der Waals surface area contributed by atoms with Gasteiger partial charge in [0.15, 0.2) is 5.60 Å². The van der Waals surface area contributed by atoms with E-state index in [1.165, 1.54) is 6.92 Å². The minimum absolute atomic E-state index is 0.00118. The Bertz CT molecular complexity index is 957. The largest absolute Gasteiger partial charge is 0.459 e. The zero-order chi connectivity index (χ0) is 23.8. The Morgan fingerprint density at radius 1 is 1.15 bits per heavy atom. The second-order valence-electron chi connectivity index (χ2n) is 12.1. The molecular formula is C26H37NO7. The number of likely N-dealkylation sites (N-methyl/N-ethyl adjacent to an activating group) is 1. The molecule has 0 aromatic rings. The molecule has 34 heavy (non-hydrogen) atoms. The number of ether oxygens (including phenoxy) is 6. The lowest BCUT2D eigenvalue weighted by Gasteiger charge is -2.67. The highest BCUT2D eigenvalue weighted by atomic mass is 16.7. The van der Waals surface area contributed by atoms with Crippen molar-refractivity contribution in [2.24, 2.45) is 34.5 Å². The van der Waals surface area contributed by atoms with Gasteiger partial charge in [-0.1, -0.05) is 19.1 Å². The summed E-state index contributed by atoms with van der Waals surface area (Å²) in [4.78, 5) is 15.1. The summed E-state index contributed by atoms with van der Waals surface area (Å²) in [5, 5.41) is 0. The molecule has 0 amide bonds. The molecule has 7 rings (SSSR count). The number of hydrogen-bond donors (Lipinski definition) is 0. The van der Waals surface area contributed by atoms with E-state index in [0.717, 1.165) is 19.4 Å². The maximum atomic E-state index is 12.7. The van der Waals surface area contributed by atoms with Crippen LogP contribution in [0.15, 0.2) is 12.2 Å². The van der Waals surface area contributed by atoms with Gasteiger partial charge in [0.25, 0.3) is 0 Å². The molecule has 0 N–H and O–H groups in total. The Labute approximate surface area is 201 Å². The van der Waals surface area contributed by atoms with Crippen LogP contribution in [0.5, 0.6) is 0 Å². The average molecular weight is 476 g/mol. The highest BCUT2D eigenvalue weighted by Crippen LogP contribution is 2.81. The van der Waals surface area contributed by atoms with E-state index in [0.29, 0.717) is 5.92 Å². The molecule has 8 heteroatoms. The summed E-state index contributed by atoms with van der Waals surface area (Å²) < 4.78 is 38.7. The van der Waals surface area contributed by atoms with Gasteiger partial charge in [-0.3, -0.25) is 9.69 Å². The van der Waals surface area contributed by atoms with E-state index < -0.39 is 17.3 Å². The minimum atomic E-state index is -0.817. The van der Waals surface area contributed by atoms with E-state index in [1.54, 1.807) is 7.11 Å². The van der Waals surface area contributed by atoms with Crippen LogP contribution in [0.25, 0.3) is 0 Å². The van der Waals surface area contributed by atoms with Crippen molar-refractivity contribution in [1.82, 2.24) is 4.90 Å². The lowest BCUT2D eigenvalue weighted by molar-refractivity contribution is -0.267. The second-order valence-corrected chi connectivity index (χ2v) is 12.1. The summed E-state index contributed by atoms with van der Waals surface area (Å²) in [6.45, 7) is 4.90. The number of piperidine rings is 1. The Hall–Kier alpha value is -1.03. The molecule has 6 fully saturated rings. The van der Waals surface area contributed by atoms with Crippen LogP contribution < -0.4 is 0 Å². The lowest BCUT2D eigenvalue weighted by atomic mass is 9.44. The lowest BCUT2D eigenvalue weighted by Crippen LogP contribution is -2.80. The third-order valence-electron chi connectivity index (χ3n) is 11.3. The fourth-order valence-electron chi connectivity index (χ4n) is 11.2. The van der Waals surface area contributed by atoms with Crippen molar-refractivity contribution in [3.8, 4) is 0 Å². The summed E-state index contributed by atoms with van der Waals surface area (Å²) in [6, 6.07) is -0.00654. The van der Waals surface area contributed by atoms with Gasteiger partial charge in [0, 0.05) is 69.8 Å². The first-order valence-electron chi connectivity index (χ1n) is 12.7. The van der Waals surface area contributed by atoms with Gasteiger partial charge in [-0.15, -0.1) is 0 Å². The number of methoxy groups -OCH3 is 3. The van der Waals surface area contributed by atoms with Crippen LogP contribution in [0.4, 0.5) is 0 Å². The van der Waals surface area contributed by atoms with Crippen LogP contribution in [0.2, 0.25) is 0 Å². The first-order chi connectivity index (χ1) is 16.3. The molecule has 2 heterocycles. The summed E-state index contributed by atoms with van der Waals surface area (Å²) in [6.07, 6.45) is 5.75. The predicted octanol–water partition coefficient (Wildman–Crippen LogP) is 1.62. The van der Waals surface area contributed by atoms with Crippen molar-refractivity contribution < 1.29 is 33.2 Å². The Morgan fingerprint density at radius 3 is 2.62 bits per heavy atom. The van der Waals surface area contributed by atoms with Crippen molar-refractivity contribution in [2.75, 3.05) is 41.7 Å². The highest BCUT2D eigenvalue weighted by molar-refractivity contribution is 5.67. The van der Waals surface area contributed by atoms with Crippen molar-refractivity contribution in [3.63, 3.8) is 0 Å². The topological polar surface area (TPSA) is 75.7 Å².